The van der Waals surface area contributed by atoms with Gasteiger partial charge in [-0.1, -0.05) is 34.6 Å². The number of carbonyl (C=O) groups is 3. The fourth-order valence-corrected chi connectivity index (χ4v) is 2.61. The summed E-state index contributed by atoms with van der Waals surface area (Å²) in [5, 5.41) is 11.5. The van der Waals surface area contributed by atoms with E-state index in [1.54, 1.807) is 20.8 Å². The van der Waals surface area contributed by atoms with Crippen LogP contribution in [-0.4, -0.2) is 36.0 Å². The quantitative estimate of drug-likeness (QED) is 0.288. The van der Waals surface area contributed by atoms with Crippen molar-refractivity contribution < 1.29 is 29.0 Å². The lowest BCUT2D eigenvalue weighted by Crippen LogP contribution is -2.35. The molecule has 7 heteroatoms. The van der Waals surface area contributed by atoms with Gasteiger partial charge in [0.05, 0.1) is 0 Å². The van der Waals surface area contributed by atoms with Crippen molar-refractivity contribution in [2.75, 3.05) is 6.54 Å². The molecule has 0 aromatic carbocycles. The average molecular weight is 373 g/mol. The molecule has 0 saturated carbocycles. The Morgan fingerprint density at radius 1 is 1.04 bits per heavy atom. The van der Waals surface area contributed by atoms with Crippen molar-refractivity contribution in [3.05, 3.63) is 0 Å². The van der Waals surface area contributed by atoms with Crippen molar-refractivity contribution in [3.63, 3.8) is 0 Å². The van der Waals surface area contributed by atoms with Crippen LogP contribution in [0.15, 0.2) is 0 Å². The molecule has 0 bridgehead atoms. The van der Waals surface area contributed by atoms with Gasteiger partial charge in [0.25, 0.3) is 6.29 Å². The smallest absolute Gasteiger partial charge is 0.410 e. The Labute approximate surface area is 156 Å². The normalized spacial score (nSPS) is 13.3. The Morgan fingerprint density at radius 3 is 2.19 bits per heavy atom. The Hall–Kier alpha value is -1.79. The summed E-state index contributed by atoms with van der Waals surface area (Å²) in [6.45, 7) is 9.96. The van der Waals surface area contributed by atoms with Gasteiger partial charge in [0, 0.05) is 25.3 Å². The van der Waals surface area contributed by atoms with Crippen LogP contribution in [0, 0.1) is 17.8 Å². The summed E-state index contributed by atoms with van der Waals surface area (Å²) in [5.41, 5.74) is 0. The molecular weight excluding hydrogens is 338 g/mol. The highest BCUT2D eigenvalue weighted by molar-refractivity contribution is 5.70. The number of nitrogens with one attached hydrogen (secondary N) is 1. The van der Waals surface area contributed by atoms with Gasteiger partial charge in [-0.05, 0) is 37.5 Å². The number of carboxylic acid groups (broad SMARTS) is 1. The molecule has 0 spiro atoms. The van der Waals surface area contributed by atoms with E-state index in [0.29, 0.717) is 24.8 Å². The lowest BCUT2D eigenvalue weighted by Gasteiger charge is -2.21. The minimum absolute atomic E-state index is 0.136. The maximum Gasteiger partial charge on any atom is 0.410 e. The number of carbonyl (C=O) groups excluding carboxylic acids is 2. The minimum atomic E-state index is -0.897. The van der Waals surface area contributed by atoms with E-state index in [0.717, 1.165) is 19.3 Å². The van der Waals surface area contributed by atoms with E-state index in [-0.39, 0.29) is 18.8 Å². The molecule has 0 aromatic heterocycles. The summed E-state index contributed by atoms with van der Waals surface area (Å²) in [6.07, 6.45) is 2.11. The van der Waals surface area contributed by atoms with Crippen LogP contribution in [0.25, 0.3) is 0 Å². The van der Waals surface area contributed by atoms with Crippen LogP contribution in [0.3, 0.4) is 0 Å². The highest BCUT2D eigenvalue weighted by atomic mass is 16.7. The summed E-state index contributed by atoms with van der Waals surface area (Å²) in [5.74, 6) is -0.486. The molecule has 2 N–H and O–H groups in total. The predicted octanol–water partition coefficient (Wildman–Crippen LogP) is 3.96. The van der Waals surface area contributed by atoms with Crippen LogP contribution in [0.2, 0.25) is 0 Å². The molecule has 2 atom stereocenters. The van der Waals surface area contributed by atoms with Gasteiger partial charge in [-0.2, -0.15) is 0 Å². The molecule has 0 rings (SSSR count). The predicted molar refractivity (Wildman–Crippen MR) is 98.5 cm³/mol. The van der Waals surface area contributed by atoms with Crippen molar-refractivity contribution in [3.8, 4) is 0 Å². The number of hydrogen-bond donors (Lipinski definition) is 2. The Kier molecular flexibility index (Phi) is 12.5. The molecule has 0 heterocycles. The molecule has 152 valence electrons. The lowest BCUT2D eigenvalue weighted by molar-refractivity contribution is -0.174. The third-order valence-electron chi connectivity index (χ3n) is 3.93. The number of alkyl carbamates (subject to hydrolysis) is 1. The number of rotatable bonds is 13. The molecule has 0 aromatic rings. The van der Waals surface area contributed by atoms with Gasteiger partial charge in [-0.3, -0.25) is 9.59 Å². The van der Waals surface area contributed by atoms with Crippen molar-refractivity contribution in [2.45, 2.75) is 79.4 Å². The van der Waals surface area contributed by atoms with Crippen LogP contribution in [0.1, 0.15) is 73.1 Å². The van der Waals surface area contributed by atoms with Gasteiger partial charge in [-0.15, -0.1) is 0 Å². The zero-order valence-corrected chi connectivity index (χ0v) is 16.7. The second-order valence-corrected chi connectivity index (χ2v) is 7.36. The maximum absolute atomic E-state index is 11.9. The molecule has 26 heavy (non-hydrogen) atoms. The number of carboxylic acids is 1. The van der Waals surface area contributed by atoms with Crippen LogP contribution >= 0.6 is 0 Å². The number of ether oxygens (including phenoxy) is 2. The Bertz CT molecular complexity index is 436. The van der Waals surface area contributed by atoms with Gasteiger partial charge >= 0.3 is 18.0 Å². The van der Waals surface area contributed by atoms with Gasteiger partial charge in [0.2, 0.25) is 0 Å². The van der Waals surface area contributed by atoms with Gasteiger partial charge in [-0.25, -0.2) is 4.79 Å². The zero-order chi connectivity index (χ0) is 20.1. The maximum atomic E-state index is 11.9. The second-order valence-electron chi connectivity index (χ2n) is 7.36. The highest BCUT2D eigenvalue weighted by Gasteiger charge is 2.22. The Morgan fingerprint density at radius 2 is 1.69 bits per heavy atom. The van der Waals surface area contributed by atoms with E-state index in [1.807, 2.05) is 0 Å². The first-order chi connectivity index (χ1) is 12.1. The molecule has 0 radical (unpaired) electrons. The van der Waals surface area contributed by atoms with Crippen LogP contribution in [0.5, 0.6) is 0 Å². The van der Waals surface area contributed by atoms with Crippen molar-refractivity contribution in [1.82, 2.24) is 5.32 Å². The molecule has 1 amide bonds. The van der Waals surface area contributed by atoms with E-state index in [9.17, 15) is 14.4 Å². The first kappa shape index (κ1) is 24.2. The molecule has 0 unspecified atom stereocenters. The molecule has 0 saturated heterocycles. The zero-order valence-electron chi connectivity index (χ0n) is 16.7. The van der Waals surface area contributed by atoms with Crippen molar-refractivity contribution >= 4 is 18.0 Å². The standard InChI is InChI=1S/C19H35NO6/c1-6-17(23)25-18(14(4)5)26-19(24)20-11-7-8-15(12-13(2)3)9-10-16(21)22/h13-15,18H,6-12H2,1-5H3,(H,20,24)(H,21,22)/t15-,18-/m1/s1. The van der Waals surface area contributed by atoms with Crippen molar-refractivity contribution in [1.29, 1.82) is 0 Å². The summed E-state index contributed by atoms with van der Waals surface area (Å²) < 4.78 is 10.3. The van der Waals surface area contributed by atoms with E-state index >= 15 is 0 Å². The fourth-order valence-electron chi connectivity index (χ4n) is 2.61. The summed E-state index contributed by atoms with van der Waals surface area (Å²) in [7, 11) is 0. The van der Waals surface area contributed by atoms with Crippen LogP contribution in [0.4, 0.5) is 4.79 Å². The van der Waals surface area contributed by atoms with Crippen LogP contribution < -0.4 is 5.32 Å². The molecule has 7 nitrogen and oxygen atoms in total. The number of hydrogen-bond acceptors (Lipinski definition) is 5. The first-order valence-corrected chi connectivity index (χ1v) is 9.51. The van der Waals surface area contributed by atoms with E-state index in [2.05, 4.69) is 19.2 Å². The van der Waals surface area contributed by atoms with Gasteiger partial charge < -0.3 is 19.9 Å². The summed E-state index contributed by atoms with van der Waals surface area (Å²) >= 11 is 0. The molecule has 0 aliphatic heterocycles. The monoisotopic (exact) mass is 373 g/mol. The third kappa shape index (κ3) is 12.6. The number of aliphatic carboxylic acids is 1. The number of esters is 1. The second kappa shape index (κ2) is 13.4. The topological polar surface area (TPSA) is 102 Å². The highest BCUT2D eigenvalue weighted by Crippen LogP contribution is 2.22. The molecule has 0 fully saturated rings. The summed E-state index contributed by atoms with van der Waals surface area (Å²) in [6, 6.07) is 0. The fraction of sp³-hybridized carbons (Fsp3) is 0.842. The summed E-state index contributed by atoms with van der Waals surface area (Å²) in [4.78, 5) is 34.0. The SMILES string of the molecule is CCC(=O)O[C@H](OC(=O)NCCC[C@H](CCC(=O)O)CC(C)C)C(C)C. The van der Waals surface area contributed by atoms with E-state index in [4.69, 9.17) is 14.6 Å². The molecule has 0 aliphatic rings. The minimum Gasteiger partial charge on any atom is -0.481 e. The van der Waals surface area contributed by atoms with E-state index < -0.39 is 24.3 Å². The first-order valence-electron chi connectivity index (χ1n) is 9.51. The Balaban J connectivity index is 4.22. The molecule has 0 aliphatic carbocycles. The van der Waals surface area contributed by atoms with Gasteiger partial charge in [0.1, 0.15) is 0 Å². The molecular formula is C19H35NO6. The van der Waals surface area contributed by atoms with Crippen LogP contribution in [-0.2, 0) is 19.1 Å². The lowest BCUT2D eigenvalue weighted by atomic mass is 9.89. The van der Waals surface area contributed by atoms with Gasteiger partial charge in [0.15, 0.2) is 0 Å². The largest absolute Gasteiger partial charge is 0.481 e. The van der Waals surface area contributed by atoms with E-state index in [1.165, 1.54) is 0 Å². The average Bonchev–Trinajstić information content (AvgIpc) is 2.54. The third-order valence-corrected chi connectivity index (χ3v) is 3.93. The van der Waals surface area contributed by atoms with Crippen molar-refractivity contribution in [2.24, 2.45) is 17.8 Å². The number of amides is 1.